The van der Waals surface area contributed by atoms with Crippen molar-refractivity contribution in [3.63, 3.8) is 0 Å². The number of benzene rings is 2. The number of carbonyl (C=O) groups excluding carboxylic acids is 2. The van der Waals surface area contributed by atoms with Crippen LogP contribution in [0.5, 0.6) is 0 Å². The molecule has 2 aromatic rings. The van der Waals surface area contributed by atoms with Crippen molar-refractivity contribution in [3.05, 3.63) is 65.7 Å². The van der Waals surface area contributed by atoms with Crippen molar-refractivity contribution in [2.45, 2.75) is 24.7 Å². The summed E-state index contributed by atoms with van der Waals surface area (Å²) in [5.41, 5.74) is 2.19. The molecule has 0 spiro atoms. The summed E-state index contributed by atoms with van der Waals surface area (Å²) < 4.78 is 5.53. The van der Waals surface area contributed by atoms with Gasteiger partial charge in [0.25, 0.3) is 5.91 Å². The van der Waals surface area contributed by atoms with E-state index in [0.29, 0.717) is 23.5 Å². The lowest BCUT2D eigenvalue weighted by molar-refractivity contribution is -0.113. The first kappa shape index (κ1) is 19.5. The predicted octanol–water partition coefficient (Wildman–Crippen LogP) is 3.47. The smallest absolute Gasteiger partial charge is 0.253 e. The van der Waals surface area contributed by atoms with Crippen molar-refractivity contribution >= 4 is 29.3 Å². The van der Waals surface area contributed by atoms with Gasteiger partial charge in [-0.3, -0.25) is 9.59 Å². The molecule has 0 saturated carbocycles. The molecule has 1 atom stereocenters. The number of thioether (sulfide) groups is 1. The molecule has 1 fully saturated rings. The number of rotatable bonds is 8. The Morgan fingerprint density at radius 2 is 1.85 bits per heavy atom. The monoisotopic (exact) mass is 384 g/mol. The highest BCUT2D eigenvalue weighted by atomic mass is 32.2. The van der Waals surface area contributed by atoms with Gasteiger partial charge in [0.05, 0.1) is 23.1 Å². The van der Waals surface area contributed by atoms with Gasteiger partial charge in [-0.1, -0.05) is 42.5 Å². The van der Waals surface area contributed by atoms with Crippen molar-refractivity contribution in [2.24, 2.45) is 0 Å². The third-order valence-electron chi connectivity index (χ3n) is 4.30. The zero-order valence-electron chi connectivity index (χ0n) is 15.1. The first-order valence-electron chi connectivity index (χ1n) is 9.13. The summed E-state index contributed by atoms with van der Waals surface area (Å²) in [5, 5.41) is 5.75. The van der Waals surface area contributed by atoms with Crippen molar-refractivity contribution < 1.29 is 14.3 Å². The zero-order chi connectivity index (χ0) is 18.9. The molecular formula is C21H24N2O3S. The van der Waals surface area contributed by atoms with Crippen molar-refractivity contribution in [1.82, 2.24) is 5.32 Å². The van der Waals surface area contributed by atoms with Crippen LogP contribution in [0.25, 0.3) is 0 Å². The molecule has 2 N–H and O–H groups in total. The molecular weight excluding hydrogens is 360 g/mol. The molecule has 1 unspecified atom stereocenters. The van der Waals surface area contributed by atoms with Gasteiger partial charge in [0.15, 0.2) is 0 Å². The van der Waals surface area contributed by atoms with Crippen molar-refractivity contribution in [2.75, 3.05) is 24.2 Å². The van der Waals surface area contributed by atoms with Crippen LogP contribution in [0, 0.1) is 0 Å². The number of amides is 2. The fourth-order valence-electron chi connectivity index (χ4n) is 2.92. The largest absolute Gasteiger partial charge is 0.376 e. The molecule has 0 aromatic heterocycles. The predicted molar refractivity (Wildman–Crippen MR) is 109 cm³/mol. The van der Waals surface area contributed by atoms with Gasteiger partial charge in [0, 0.05) is 18.9 Å². The molecule has 5 nitrogen and oxygen atoms in total. The number of hydrogen-bond acceptors (Lipinski definition) is 4. The Morgan fingerprint density at radius 1 is 1.07 bits per heavy atom. The van der Waals surface area contributed by atoms with Crippen LogP contribution in [-0.4, -0.2) is 36.8 Å². The molecule has 6 heteroatoms. The van der Waals surface area contributed by atoms with E-state index in [9.17, 15) is 9.59 Å². The van der Waals surface area contributed by atoms with Crippen molar-refractivity contribution in [1.29, 1.82) is 0 Å². The number of para-hydroxylation sites is 1. The van der Waals surface area contributed by atoms with Crippen LogP contribution >= 0.6 is 11.8 Å². The third-order valence-corrected chi connectivity index (χ3v) is 5.31. The van der Waals surface area contributed by atoms with Gasteiger partial charge < -0.3 is 15.4 Å². The van der Waals surface area contributed by atoms with E-state index < -0.39 is 0 Å². The van der Waals surface area contributed by atoms with E-state index >= 15 is 0 Å². The fraction of sp³-hybridized carbons (Fsp3) is 0.333. The summed E-state index contributed by atoms with van der Waals surface area (Å²) in [6.07, 6.45) is 2.09. The second kappa shape index (κ2) is 10.1. The topological polar surface area (TPSA) is 67.4 Å². The lowest BCUT2D eigenvalue weighted by Gasteiger charge is -2.13. The van der Waals surface area contributed by atoms with E-state index in [1.165, 1.54) is 5.56 Å². The molecule has 1 saturated heterocycles. The molecule has 3 rings (SSSR count). The third kappa shape index (κ3) is 6.12. The van der Waals surface area contributed by atoms with Crippen LogP contribution in [0.2, 0.25) is 0 Å². The summed E-state index contributed by atoms with van der Waals surface area (Å²) in [7, 11) is 0. The van der Waals surface area contributed by atoms with E-state index in [1.807, 2.05) is 36.4 Å². The van der Waals surface area contributed by atoms with Gasteiger partial charge in [-0.05, 0) is 30.5 Å². The molecule has 1 aliphatic rings. The molecule has 27 heavy (non-hydrogen) atoms. The second-order valence-corrected chi connectivity index (χ2v) is 7.40. The van der Waals surface area contributed by atoms with Crippen LogP contribution in [0.3, 0.4) is 0 Å². The molecule has 1 aliphatic heterocycles. The highest BCUT2D eigenvalue weighted by Crippen LogP contribution is 2.17. The van der Waals surface area contributed by atoms with Gasteiger partial charge in [-0.15, -0.1) is 11.8 Å². The average Bonchev–Trinajstić information content (AvgIpc) is 3.21. The molecule has 142 valence electrons. The van der Waals surface area contributed by atoms with Crippen LogP contribution in [0.15, 0.2) is 54.6 Å². The number of anilines is 1. The SMILES string of the molecule is O=C(CSCc1ccccc1)Nc1ccccc1C(=O)NCC1CCCO1. The summed E-state index contributed by atoms with van der Waals surface area (Å²) in [4.78, 5) is 24.7. The van der Waals surface area contributed by atoms with Crippen LogP contribution in [-0.2, 0) is 15.3 Å². The number of hydrogen-bond donors (Lipinski definition) is 2. The van der Waals surface area contributed by atoms with E-state index in [4.69, 9.17) is 4.74 Å². The number of carbonyl (C=O) groups is 2. The Hall–Kier alpha value is -2.31. The Labute approximate surface area is 163 Å². The standard InChI is InChI=1S/C21H24N2O3S/c24-20(15-27-14-16-7-2-1-3-8-16)23-19-11-5-4-10-18(19)21(25)22-13-17-9-6-12-26-17/h1-5,7-8,10-11,17H,6,9,12-15H2,(H,22,25)(H,23,24). The van der Waals surface area contributed by atoms with E-state index in [0.717, 1.165) is 25.2 Å². The van der Waals surface area contributed by atoms with E-state index in [1.54, 1.807) is 30.0 Å². The van der Waals surface area contributed by atoms with E-state index in [2.05, 4.69) is 10.6 Å². The molecule has 0 bridgehead atoms. The van der Waals surface area contributed by atoms with Gasteiger partial charge >= 0.3 is 0 Å². The van der Waals surface area contributed by atoms with Crippen molar-refractivity contribution in [3.8, 4) is 0 Å². The van der Waals surface area contributed by atoms with Gasteiger partial charge in [-0.25, -0.2) is 0 Å². The summed E-state index contributed by atoms with van der Waals surface area (Å²) in [6.45, 7) is 1.25. The maximum atomic E-state index is 12.5. The normalized spacial score (nSPS) is 16.1. The van der Waals surface area contributed by atoms with Crippen LogP contribution in [0.1, 0.15) is 28.8 Å². The quantitative estimate of drug-likeness (QED) is 0.731. The minimum absolute atomic E-state index is 0.0880. The van der Waals surface area contributed by atoms with Crippen LogP contribution in [0.4, 0.5) is 5.69 Å². The first-order valence-corrected chi connectivity index (χ1v) is 10.3. The molecule has 2 amide bonds. The molecule has 2 aromatic carbocycles. The maximum Gasteiger partial charge on any atom is 0.253 e. The Balaban J connectivity index is 1.50. The van der Waals surface area contributed by atoms with Crippen LogP contribution < -0.4 is 10.6 Å². The lowest BCUT2D eigenvalue weighted by Crippen LogP contribution is -2.32. The van der Waals surface area contributed by atoms with Gasteiger partial charge in [0.1, 0.15) is 0 Å². The Morgan fingerprint density at radius 3 is 2.63 bits per heavy atom. The number of ether oxygens (including phenoxy) is 1. The Kier molecular flexibility index (Phi) is 7.30. The minimum atomic E-state index is -0.196. The van der Waals surface area contributed by atoms with Gasteiger partial charge in [0.2, 0.25) is 5.91 Å². The summed E-state index contributed by atoms with van der Waals surface area (Å²) >= 11 is 1.55. The van der Waals surface area contributed by atoms with Gasteiger partial charge in [-0.2, -0.15) is 0 Å². The van der Waals surface area contributed by atoms with E-state index in [-0.39, 0.29) is 17.9 Å². The fourth-order valence-corrected chi connectivity index (χ4v) is 3.71. The average molecular weight is 385 g/mol. The minimum Gasteiger partial charge on any atom is -0.376 e. The summed E-state index contributed by atoms with van der Waals surface area (Å²) in [5.74, 6) is 0.798. The zero-order valence-corrected chi connectivity index (χ0v) is 16.0. The molecule has 0 aliphatic carbocycles. The highest BCUT2D eigenvalue weighted by Gasteiger charge is 2.18. The first-order chi connectivity index (χ1) is 13.2. The lowest BCUT2D eigenvalue weighted by atomic mass is 10.1. The number of nitrogens with one attached hydrogen (secondary N) is 2. The molecule has 0 radical (unpaired) electrons. The Bertz CT molecular complexity index is 761. The summed E-state index contributed by atoms with van der Waals surface area (Å²) in [6, 6.07) is 17.1. The molecule has 1 heterocycles. The maximum absolute atomic E-state index is 12.5. The highest BCUT2D eigenvalue weighted by molar-refractivity contribution is 7.99. The second-order valence-electron chi connectivity index (χ2n) is 6.42.